The van der Waals surface area contributed by atoms with E-state index in [1.54, 1.807) is 6.08 Å². The van der Waals surface area contributed by atoms with Crippen molar-refractivity contribution in [2.24, 2.45) is 0 Å². The van der Waals surface area contributed by atoms with Gasteiger partial charge in [-0.15, -0.1) is 0 Å². The summed E-state index contributed by atoms with van der Waals surface area (Å²) in [6.07, 6.45) is 7.52. The number of rotatable bonds is 8. The van der Waals surface area contributed by atoms with Gasteiger partial charge in [0.2, 0.25) is 0 Å². The summed E-state index contributed by atoms with van der Waals surface area (Å²) >= 11 is 0. The van der Waals surface area contributed by atoms with Crippen LogP contribution in [0.1, 0.15) is 38.2 Å². The molecule has 0 unspecified atom stereocenters. The minimum absolute atomic E-state index is 0.153. The van der Waals surface area contributed by atoms with Gasteiger partial charge in [-0.25, -0.2) is 4.79 Å². The van der Waals surface area contributed by atoms with Crippen molar-refractivity contribution < 1.29 is 14.7 Å². The molecule has 1 aromatic rings. The first-order chi connectivity index (χ1) is 9.74. The number of ether oxygens (including phenoxy) is 1. The van der Waals surface area contributed by atoms with Crippen LogP contribution in [0.15, 0.2) is 42.5 Å². The molecule has 110 valence electrons. The van der Waals surface area contributed by atoms with E-state index < -0.39 is 6.09 Å². The van der Waals surface area contributed by atoms with Gasteiger partial charge in [-0.05, 0) is 18.4 Å². The van der Waals surface area contributed by atoms with Crippen molar-refractivity contribution in [1.82, 2.24) is 5.06 Å². The summed E-state index contributed by atoms with van der Waals surface area (Å²) in [6.45, 7) is 2.47. The molecule has 0 aliphatic heterocycles. The summed E-state index contributed by atoms with van der Waals surface area (Å²) in [5, 5.41) is 10.1. The number of unbranched alkanes of at least 4 members (excludes halogenated alkanes) is 3. The molecular formula is C16H23NO3. The summed E-state index contributed by atoms with van der Waals surface area (Å²) in [5.41, 5.74) is 0.893. The smallest absolute Gasteiger partial charge is 0.434 e. The Morgan fingerprint density at radius 1 is 1.25 bits per heavy atom. The minimum Gasteiger partial charge on any atom is -0.443 e. The molecule has 0 fully saturated rings. The highest BCUT2D eigenvalue weighted by atomic mass is 16.6. The van der Waals surface area contributed by atoms with Crippen LogP contribution < -0.4 is 0 Å². The molecule has 1 amide bonds. The SMILES string of the molecule is CCCCC/C=C/CN(O)C(=O)OCc1ccccc1. The number of hydrogen-bond donors (Lipinski definition) is 1. The van der Waals surface area contributed by atoms with E-state index in [4.69, 9.17) is 4.74 Å². The maximum atomic E-state index is 11.5. The lowest BCUT2D eigenvalue weighted by Gasteiger charge is -2.12. The normalized spacial score (nSPS) is 10.7. The Kier molecular flexibility index (Phi) is 8.15. The third-order valence-corrected chi connectivity index (χ3v) is 2.84. The van der Waals surface area contributed by atoms with Crippen molar-refractivity contribution in [2.45, 2.75) is 39.2 Å². The molecule has 4 nitrogen and oxygen atoms in total. The van der Waals surface area contributed by atoms with Gasteiger partial charge < -0.3 is 4.74 Å². The number of allylic oxidation sites excluding steroid dienone is 1. The van der Waals surface area contributed by atoms with Crippen LogP contribution in [0.5, 0.6) is 0 Å². The first-order valence-corrected chi connectivity index (χ1v) is 7.06. The summed E-state index contributed by atoms with van der Waals surface area (Å²) in [6, 6.07) is 9.37. The minimum atomic E-state index is -0.730. The van der Waals surface area contributed by atoms with E-state index in [2.05, 4.69) is 6.92 Å². The molecule has 0 saturated carbocycles. The molecule has 0 radical (unpaired) electrons. The van der Waals surface area contributed by atoms with Crippen LogP contribution in [0.3, 0.4) is 0 Å². The van der Waals surface area contributed by atoms with Crippen LogP contribution in [0.4, 0.5) is 4.79 Å². The summed E-state index contributed by atoms with van der Waals surface area (Å²) in [7, 11) is 0. The number of hydrogen-bond acceptors (Lipinski definition) is 3. The third kappa shape index (κ3) is 6.95. The fourth-order valence-corrected chi connectivity index (χ4v) is 1.67. The van der Waals surface area contributed by atoms with Gasteiger partial charge in [-0.1, -0.05) is 62.2 Å². The van der Waals surface area contributed by atoms with E-state index in [9.17, 15) is 10.0 Å². The van der Waals surface area contributed by atoms with E-state index >= 15 is 0 Å². The largest absolute Gasteiger partial charge is 0.443 e. The van der Waals surface area contributed by atoms with Crippen molar-refractivity contribution in [2.75, 3.05) is 6.54 Å². The summed E-state index contributed by atoms with van der Waals surface area (Å²) in [4.78, 5) is 11.5. The monoisotopic (exact) mass is 277 g/mol. The average molecular weight is 277 g/mol. The molecule has 0 bridgehead atoms. The number of amides is 1. The second-order valence-corrected chi connectivity index (χ2v) is 4.59. The molecule has 0 atom stereocenters. The lowest BCUT2D eigenvalue weighted by molar-refractivity contribution is -0.0673. The number of nitrogens with zero attached hydrogens (tertiary/aromatic N) is 1. The van der Waals surface area contributed by atoms with Crippen molar-refractivity contribution in [1.29, 1.82) is 0 Å². The van der Waals surface area contributed by atoms with Gasteiger partial charge in [0.1, 0.15) is 6.61 Å². The number of benzene rings is 1. The highest BCUT2D eigenvalue weighted by molar-refractivity contribution is 5.66. The van der Waals surface area contributed by atoms with Gasteiger partial charge in [0.25, 0.3) is 0 Å². The lowest BCUT2D eigenvalue weighted by atomic mass is 10.2. The Morgan fingerprint density at radius 3 is 2.70 bits per heavy atom. The molecule has 0 spiro atoms. The van der Waals surface area contributed by atoms with Crippen LogP contribution in [-0.2, 0) is 11.3 Å². The molecular weight excluding hydrogens is 254 g/mol. The number of carbonyl (C=O) groups is 1. The molecule has 1 aromatic carbocycles. The molecule has 0 aliphatic carbocycles. The van der Waals surface area contributed by atoms with Crippen molar-refractivity contribution in [3.8, 4) is 0 Å². The van der Waals surface area contributed by atoms with Crippen LogP contribution in [0.2, 0.25) is 0 Å². The molecule has 4 heteroatoms. The third-order valence-electron chi connectivity index (χ3n) is 2.84. The van der Waals surface area contributed by atoms with Crippen LogP contribution in [0.25, 0.3) is 0 Å². The lowest BCUT2D eigenvalue weighted by Crippen LogP contribution is -2.28. The molecule has 1 rings (SSSR count). The first kappa shape index (κ1) is 16.2. The summed E-state index contributed by atoms with van der Waals surface area (Å²) < 4.78 is 4.99. The van der Waals surface area contributed by atoms with Crippen LogP contribution in [-0.4, -0.2) is 22.9 Å². The molecule has 0 heterocycles. The van der Waals surface area contributed by atoms with E-state index in [1.807, 2.05) is 36.4 Å². The van der Waals surface area contributed by atoms with E-state index in [0.717, 1.165) is 18.4 Å². The van der Waals surface area contributed by atoms with Crippen molar-refractivity contribution in [3.05, 3.63) is 48.0 Å². The molecule has 0 aromatic heterocycles. The number of carbonyl (C=O) groups excluding carboxylic acids is 1. The fraction of sp³-hybridized carbons (Fsp3) is 0.438. The fourth-order valence-electron chi connectivity index (χ4n) is 1.67. The van der Waals surface area contributed by atoms with Gasteiger partial charge >= 0.3 is 6.09 Å². The summed E-state index contributed by atoms with van der Waals surface area (Å²) in [5.74, 6) is 0. The van der Waals surface area contributed by atoms with Crippen molar-refractivity contribution >= 4 is 6.09 Å². The zero-order valence-corrected chi connectivity index (χ0v) is 12.0. The van der Waals surface area contributed by atoms with Gasteiger partial charge in [-0.2, -0.15) is 5.06 Å². The first-order valence-electron chi connectivity index (χ1n) is 7.06. The molecule has 20 heavy (non-hydrogen) atoms. The molecule has 0 aliphatic rings. The zero-order valence-electron chi connectivity index (χ0n) is 12.0. The van der Waals surface area contributed by atoms with Gasteiger partial charge in [0.15, 0.2) is 0 Å². The zero-order chi connectivity index (χ0) is 14.6. The van der Waals surface area contributed by atoms with Gasteiger partial charge in [0, 0.05) is 0 Å². The Bertz CT molecular complexity index is 403. The predicted octanol–water partition coefficient (Wildman–Crippen LogP) is 4.15. The molecule has 0 saturated heterocycles. The van der Waals surface area contributed by atoms with E-state index in [-0.39, 0.29) is 13.2 Å². The topological polar surface area (TPSA) is 49.8 Å². The standard InChI is InChI=1S/C16H23NO3/c1-2-3-4-5-6-10-13-17(19)16(18)20-14-15-11-8-7-9-12-15/h6-12,19H,2-5,13-14H2,1H3/b10-6+. The highest BCUT2D eigenvalue weighted by Crippen LogP contribution is 2.03. The van der Waals surface area contributed by atoms with E-state index in [1.165, 1.54) is 12.8 Å². The van der Waals surface area contributed by atoms with Crippen LogP contribution in [0, 0.1) is 0 Å². The second-order valence-electron chi connectivity index (χ2n) is 4.59. The molecule has 1 N–H and O–H groups in total. The maximum Gasteiger partial charge on any atom is 0.434 e. The van der Waals surface area contributed by atoms with Crippen molar-refractivity contribution in [3.63, 3.8) is 0 Å². The Labute approximate surface area is 120 Å². The average Bonchev–Trinajstić information content (AvgIpc) is 2.49. The second kappa shape index (κ2) is 10.0. The Morgan fingerprint density at radius 2 is 2.00 bits per heavy atom. The highest BCUT2D eigenvalue weighted by Gasteiger charge is 2.10. The van der Waals surface area contributed by atoms with Gasteiger partial charge in [-0.3, -0.25) is 5.21 Å². The maximum absolute atomic E-state index is 11.5. The Balaban J connectivity index is 2.19. The Hall–Kier alpha value is -1.81. The van der Waals surface area contributed by atoms with Crippen LogP contribution >= 0.6 is 0 Å². The predicted molar refractivity (Wildman–Crippen MR) is 78.4 cm³/mol. The van der Waals surface area contributed by atoms with Gasteiger partial charge in [0.05, 0.1) is 6.54 Å². The number of hydroxylamine groups is 2. The quantitative estimate of drug-likeness (QED) is 0.336. The van der Waals surface area contributed by atoms with E-state index in [0.29, 0.717) is 5.06 Å².